The van der Waals surface area contributed by atoms with E-state index in [1.165, 1.54) is 12.3 Å². The van der Waals surface area contributed by atoms with Gasteiger partial charge in [-0.05, 0) is 36.6 Å². The van der Waals surface area contributed by atoms with E-state index in [1.54, 1.807) is 12.3 Å². The Kier molecular flexibility index (Phi) is 6.42. The SMILES string of the molecule is CC(C)CCNC(=O)c1cc(C(=O)NCc2ccccn2)ccn1. The highest BCUT2D eigenvalue weighted by atomic mass is 16.2. The van der Waals surface area contributed by atoms with E-state index >= 15 is 0 Å². The average molecular weight is 326 g/mol. The van der Waals surface area contributed by atoms with E-state index in [9.17, 15) is 9.59 Å². The van der Waals surface area contributed by atoms with Gasteiger partial charge in [0, 0.05) is 24.5 Å². The van der Waals surface area contributed by atoms with Gasteiger partial charge in [-0.15, -0.1) is 0 Å². The molecule has 6 heteroatoms. The van der Waals surface area contributed by atoms with Crippen LogP contribution in [0.1, 0.15) is 46.8 Å². The zero-order chi connectivity index (χ0) is 17.4. The quantitative estimate of drug-likeness (QED) is 0.817. The lowest BCUT2D eigenvalue weighted by Gasteiger charge is -2.08. The predicted molar refractivity (Wildman–Crippen MR) is 91.4 cm³/mol. The summed E-state index contributed by atoms with van der Waals surface area (Å²) in [6, 6.07) is 8.59. The lowest BCUT2D eigenvalue weighted by molar-refractivity contribution is 0.0947. The second-order valence-corrected chi connectivity index (χ2v) is 5.87. The van der Waals surface area contributed by atoms with Crippen molar-refractivity contribution in [3.8, 4) is 0 Å². The third-order valence-electron chi connectivity index (χ3n) is 3.42. The zero-order valence-electron chi connectivity index (χ0n) is 14.0. The molecule has 0 saturated heterocycles. The fraction of sp³-hybridized carbons (Fsp3) is 0.333. The number of nitrogens with zero attached hydrogens (tertiary/aromatic N) is 2. The first-order valence-corrected chi connectivity index (χ1v) is 7.98. The molecule has 2 aromatic rings. The number of carbonyl (C=O) groups is 2. The predicted octanol–water partition coefficient (Wildman–Crippen LogP) is 2.18. The summed E-state index contributed by atoms with van der Waals surface area (Å²) in [7, 11) is 0. The lowest BCUT2D eigenvalue weighted by Crippen LogP contribution is -2.27. The standard InChI is InChI=1S/C18H22N4O2/c1-13(2)6-9-21-18(24)16-11-14(7-10-20-16)17(23)22-12-15-5-3-4-8-19-15/h3-5,7-8,10-11,13H,6,9,12H2,1-2H3,(H,21,24)(H,22,23). The smallest absolute Gasteiger partial charge is 0.269 e. The van der Waals surface area contributed by atoms with E-state index in [0.29, 0.717) is 24.6 Å². The van der Waals surface area contributed by atoms with Crippen LogP contribution in [0.2, 0.25) is 0 Å². The Labute approximate surface area is 141 Å². The molecular weight excluding hydrogens is 304 g/mol. The van der Waals surface area contributed by atoms with Crippen LogP contribution in [-0.2, 0) is 6.54 Å². The number of hydrogen-bond donors (Lipinski definition) is 2. The molecule has 2 heterocycles. The molecule has 0 bridgehead atoms. The maximum Gasteiger partial charge on any atom is 0.269 e. The van der Waals surface area contributed by atoms with E-state index in [0.717, 1.165) is 12.1 Å². The lowest BCUT2D eigenvalue weighted by atomic mass is 10.1. The largest absolute Gasteiger partial charge is 0.351 e. The minimum atomic E-state index is -0.268. The molecule has 0 radical (unpaired) electrons. The fourth-order valence-electron chi connectivity index (χ4n) is 2.04. The molecule has 6 nitrogen and oxygen atoms in total. The molecule has 0 atom stereocenters. The van der Waals surface area contributed by atoms with Crippen molar-refractivity contribution < 1.29 is 9.59 Å². The molecule has 126 valence electrons. The van der Waals surface area contributed by atoms with Crippen LogP contribution in [0.25, 0.3) is 0 Å². The van der Waals surface area contributed by atoms with Gasteiger partial charge in [-0.2, -0.15) is 0 Å². The van der Waals surface area contributed by atoms with Crippen molar-refractivity contribution >= 4 is 11.8 Å². The molecule has 2 N–H and O–H groups in total. The van der Waals surface area contributed by atoms with Gasteiger partial charge in [-0.3, -0.25) is 19.6 Å². The topological polar surface area (TPSA) is 84.0 Å². The Hall–Kier alpha value is -2.76. The number of hydrogen-bond acceptors (Lipinski definition) is 4. The summed E-state index contributed by atoms with van der Waals surface area (Å²) in [6.45, 7) is 5.11. The normalized spacial score (nSPS) is 10.5. The molecule has 0 aromatic carbocycles. The molecule has 2 amide bonds. The first kappa shape index (κ1) is 17.6. The van der Waals surface area contributed by atoms with Crippen molar-refractivity contribution in [3.63, 3.8) is 0 Å². The van der Waals surface area contributed by atoms with Gasteiger partial charge in [-0.1, -0.05) is 19.9 Å². The molecule has 0 fully saturated rings. The molecular formula is C18H22N4O2. The van der Waals surface area contributed by atoms with Crippen LogP contribution in [0, 0.1) is 5.92 Å². The Morgan fingerprint density at radius 2 is 1.88 bits per heavy atom. The maximum absolute atomic E-state index is 12.2. The molecule has 0 spiro atoms. The molecule has 24 heavy (non-hydrogen) atoms. The van der Waals surface area contributed by atoms with Crippen molar-refractivity contribution in [1.29, 1.82) is 0 Å². The van der Waals surface area contributed by atoms with E-state index in [4.69, 9.17) is 0 Å². The average Bonchev–Trinajstić information content (AvgIpc) is 2.60. The minimum Gasteiger partial charge on any atom is -0.351 e. The number of nitrogens with one attached hydrogen (secondary N) is 2. The monoisotopic (exact) mass is 326 g/mol. The van der Waals surface area contributed by atoms with Crippen LogP contribution in [0.4, 0.5) is 0 Å². The minimum absolute atomic E-state index is 0.240. The van der Waals surface area contributed by atoms with Gasteiger partial charge < -0.3 is 10.6 Å². The third kappa shape index (κ3) is 5.46. The molecule has 0 aliphatic heterocycles. The number of pyridine rings is 2. The number of carbonyl (C=O) groups excluding carboxylic acids is 2. The Morgan fingerprint density at radius 1 is 1.04 bits per heavy atom. The summed E-state index contributed by atoms with van der Waals surface area (Å²) in [5, 5.41) is 5.59. The Bertz CT molecular complexity index is 686. The fourth-order valence-corrected chi connectivity index (χ4v) is 2.04. The van der Waals surface area contributed by atoms with Crippen molar-refractivity contribution in [2.75, 3.05) is 6.54 Å². The highest BCUT2D eigenvalue weighted by Gasteiger charge is 2.11. The first-order valence-electron chi connectivity index (χ1n) is 7.98. The van der Waals surface area contributed by atoms with Crippen LogP contribution in [-0.4, -0.2) is 28.3 Å². The second kappa shape index (κ2) is 8.76. The summed E-state index contributed by atoms with van der Waals surface area (Å²) in [5.74, 6) is -0.0173. The number of rotatable bonds is 7. The first-order chi connectivity index (χ1) is 11.6. The van der Waals surface area contributed by atoms with E-state index in [1.807, 2.05) is 18.2 Å². The molecule has 0 aliphatic carbocycles. The number of amides is 2. The molecule has 2 aromatic heterocycles. The summed E-state index contributed by atoms with van der Waals surface area (Å²) in [4.78, 5) is 32.4. The maximum atomic E-state index is 12.2. The van der Waals surface area contributed by atoms with Crippen molar-refractivity contribution in [1.82, 2.24) is 20.6 Å². The van der Waals surface area contributed by atoms with Gasteiger partial charge in [0.2, 0.25) is 0 Å². The second-order valence-electron chi connectivity index (χ2n) is 5.87. The summed E-state index contributed by atoms with van der Waals surface area (Å²) in [6.07, 6.45) is 4.04. The highest BCUT2D eigenvalue weighted by molar-refractivity contribution is 5.98. The van der Waals surface area contributed by atoms with Crippen molar-refractivity contribution in [3.05, 3.63) is 59.7 Å². The van der Waals surface area contributed by atoms with Gasteiger partial charge in [0.05, 0.1) is 12.2 Å². The Balaban J connectivity index is 1.93. The number of aromatic nitrogens is 2. The van der Waals surface area contributed by atoms with E-state index < -0.39 is 0 Å². The van der Waals surface area contributed by atoms with Gasteiger partial charge in [0.25, 0.3) is 11.8 Å². The molecule has 0 aliphatic rings. The van der Waals surface area contributed by atoms with Gasteiger partial charge in [-0.25, -0.2) is 0 Å². The highest BCUT2D eigenvalue weighted by Crippen LogP contribution is 2.04. The van der Waals surface area contributed by atoms with Gasteiger partial charge >= 0.3 is 0 Å². The van der Waals surface area contributed by atoms with Crippen molar-refractivity contribution in [2.45, 2.75) is 26.8 Å². The van der Waals surface area contributed by atoms with Crippen LogP contribution < -0.4 is 10.6 Å². The third-order valence-corrected chi connectivity index (χ3v) is 3.42. The van der Waals surface area contributed by atoms with Gasteiger partial charge in [0.15, 0.2) is 0 Å². The van der Waals surface area contributed by atoms with E-state index in [2.05, 4.69) is 34.4 Å². The van der Waals surface area contributed by atoms with Crippen LogP contribution >= 0.6 is 0 Å². The molecule has 2 rings (SSSR count). The summed E-state index contributed by atoms with van der Waals surface area (Å²) < 4.78 is 0. The zero-order valence-corrected chi connectivity index (χ0v) is 14.0. The summed E-state index contributed by atoms with van der Waals surface area (Å²) >= 11 is 0. The van der Waals surface area contributed by atoms with Crippen LogP contribution in [0.5, 0.6) is 0 Å². The Morgan fingerprint density at radius 3 is 2.58 bits per heavy atom. The van der Waals surface area contributed by atoms with Crippen LogP contribution in [0.3, 0.4) is 0 Å². The van der Waals surface area contributed by atoms with E-state index in [-0.39, 0.29) is 17.5 Å². The van der Waals surface area contributed by atoms with Gasteiger partial charge in [0.1, 0.15) is 5.69 Å². The van der Waals surface area contributed by atoms with Crippen LogP contribution in [0.15, 0.2) is 42.7 Å². The molecule has 0 saturated carbocycles. The molecule has 0 unspecified atom stereocenters. The van der Waals surface area contributed by atoms with Crippen molar-refractivity contribution in [2.24, 2.45) is 5.92 Å². The summed E-state index contributed by atoms with van der Waals surface area (Å²) in [5.41, 5.74) is 1.41.